The van der Waals surface area contributed by atoms with Gasteiger partial charge in [0.05, 0.1) is 0 Å². The lowest BCUT2D eigenvalue weighted by Gasteiger charge is -2.06. The van der Waals surface area contributed by atoms with Gasteiger partial charge in [0.15, 0.2) is 0 Å². The molecule has 1 amide bonds. The summed E-state index contributed by atoms with van der Waals surface area (Å²) < 4.78 is 13.6. The fourth-order valence-electron chi connectivity index (χ4n) is 2.48. The van der Waals surface area contributed by atoms with E-state index < -0.39 is 0 Å². The number of rotatable bonds is 4. The van der Waals surface area contributed by atoms with E-state index in [0.29, 0.717) is 24.1 Å². The molecule has 1 N–H and O–H groups in total. The number of carbonyl (C=O) groups excluding carboxylic acids is 1. The maximum atomic E-state index is 13.6. The molecule has 0 bridgehead atoms. The Morgan fingerprint density at radius 1 is 0.808 bits per heavy atom. The van der Waals surface area contributed by atoms with Crippen molar-refractivity contribution in [2.75, 3.05) is 6.54 Å². The standard InChI is InChI=1S/C23H18FNO/c24-22-9-5-4-8-20(22)16-17-25-23(26)21-14-12-19(13-15-21)11-10-18-6-2-1-3-7-18/h1-9,12-15H,16-17H2,(H,25,26). The Labute approximate surface area is 152 Å². The van der Waals surface area contributed by atoms with Crippen LogP contribution in [0.2, 0.25) is 0 Å². The number of amides is 1. The number of hydrogen-bond acceptors (Lipinski definition) is 1. The number of hydrogen-bond donors (Lipinski definition) is 1. The molecular formula is C23H18FNO. The van der Waals surface area contributed by atoms with Gasteiger partial charge in [0, 0.05) is 23.2 Å². The van der Waals surface area contributed by atoms with Gasteiger partial charge in [0.25, 0.3) is 5.91 Å². The van der Waals surface area contributed by atoms with Crippen LogP contribution in [-0.4, -0.2) is 12.5 Å². The van der Waals surface area contributed by atoms with Crippen LogP contribution in [0.3, 0.4) is 0 Å². The van der Waals surface area contributed by atoms with E-state index in [2.05, 4.69) is 17.2 Å². The van der Waals surface area contributed by atoms with Crippen molar-refractivity contribution in [3.63, 3.8) is 0 Å². The highest BCUT2D eigenvalue weighted by molar-refractivity contribution is 5.94. The van der Waals surface area contributed by atoms with Crippen LogP contribution in [0.15, 0.2) is 78.9 Å². The van der Waals surface area contributed by atoms with E-state index in [1.807, 2.05) is 42.5 Å². The Hall–Kier alpha value is -3.38. The topological polar surface area (TPSA) is 29.1 Å². The summed E-state index contributed by atoms with van der Waals surface area (Å²) in [4.78, 5) is 12.2. The van der Waals surface area contributed by atoms with E-state index in [1.165, 1.54) is 6.07 Å². The summed E-state index contributed by atoms with van der Waals surface area (Å²) in [6, 6.07) is 23.4. The van der Waals surface area contributed by atoms with Crippen LogP contribution in [0.25, 0.3) is 0 Å². The maximum absolute atomic E-state index is 13.6. The fourth-order valence-corrected chi connectivity index (χ4v) is 2.48. The van der Waals surface area contributed by atoms with Crippen LogP contribution in [0.5, 0.6) is 0 Å². The molecule has 128 valence electrons. The lowest BCUT2D eigenvalue weighted by molar-refractivity contribution is 0.0954. The maximum Gasteiger partial charge on any atom is 0.251 e. The summed E-state index contributed by atoms with van der Waals surface area (Å²) in [5.41, 5.74) is 2.95. The molecule has 3 heteroatoms. The van der Waals surface area contributed by atoms with Crippen LogP contribution in [0, 0.1) is 17.7 Å². The summed E-state index contributed by atoms with van der Waals surface area (Å²) in [7, 11) is 0. The molecule has 0 aliphatic carbocycles. The zero-order valence-electron chi connectivity index (χ0n) is 14.2. The molecular weight excluding hydrogens is 325 g/mol. The first-order chi connectivity index (χ1) is 12.7. The van der Waals surface area contributed by atoms with Crippen molar-refractivity contribution in [3.8, 4) is 11.8 Å². The van der Waals surface area contributed by atoms with Gasteiger partial charge in [-0.3, -0.25) is 4.79 Å². The minimum absolute atomic E-state index is 0.177. The van der Waals surface area contributed by atoms with E-state index in [4.69, 9.17) is 0 Å². The molecule has 0 aliphatic heterocycles. The Bertz CT molecular complexity index is 937. The predicted molar refractivity (Wildman–Crippen MR) is 101 cm³/mol. The third kappa shape index (κ3) is 4.81. The summed E-state index contributed by atoms with van der Waals surface area (Å²) in [5.74, 6) is 5.73. The van der Waals surface area contributed by atoms with E-state index in [-0.39, 0.29) is 11.7 Å². The summed E-state index contributed by atoms with van der Waals surface area (Å²) in [6.45, 7) is 0.384. The van der Waals surface area contributed by atoms with E-state index >= 15 is 0 Å². The first-order valence-electron chi connectivity index (χ1n) is 8.41. The first kappa shape index (κ1) is 17.4. The van der Waals surface area contributed by atoms with Crippen molar-refractivity contribution in [2.24, 2.45) is 0 Å². The molecule has 0 radical (unpaired) electrons. The summed E-state index contributed by atoms with van der Waals surface area (Å²) >= 11 is 0. The smallest absolute Gasteiger partial charge is 0.251 e. The largest absolute Gasteiger partial charge is 0.352 e. The molecule has 0 atom stereocenters. The van der Waals surface area contributed by atoms with Crippen molar-refractivity contribution in [2.45, 2.75) is 6.42 Å². The average molecular weight is 343 g/mol. The van der Waals surface area contributed by atoms with Crippen molar-refractivity contribution in [1.29, 1.82) is 0 Å². The van der Waals surface area contributed by atoms with Gasteiger partial charge < -0.3 is 5.32 Å². The quantitative estimate of drug-likeness (QED) is 0.707. The van der Waals surface area contributed by atoms with Gasteiger partial charge in [-0.15, -0.1) is 0 Å². The monoisotopic (exact) mass is 343 g/mol. The van der Waals surface area contributed by atoms with Crippen LogP contribution in [0.1, 0.15) is 27.0 Å². The lowest BCUT2D eigenvalue weighted by atomic mass is 10.1. The van der Waals surface area contributed by atoms with Crippen LogP contribution in [0.4, 0.5) is 4.39 Å². The van der Waals surface area contributed by atoms with Crippen LogP contribution < -0.4 is 5.32 Å². The van der Waals surface area contributed by atoms with Gasteiger partial charge in [-0.05, 0) is 54.4 Å². The predicted octanol–water partition coefficient (Wildman–Crippen LogP) is 4.20. The minimum Gasteiger partial charge on any atom is -0.352 e. The second-order valence-electron chi connectivity index (χ2n) is 5.79. The summed E-state index contributed by atoms with van der Waals surface area (Å²) in [6.07, 6.45) is 0.457. The molecule has 0 saturated carbocycles. The third-order valence-corrected chi connectivity index (χ3v) is 3.91. The SMILES string of the molecule is O=C(NCCc1ccccc1F)c1ccc(C#Cc2ccccc2)cc1. The number of carbonyl (C=O) groups is 1. The first-order valence-corrected chi connectivity index (χ1v) is 8.41. The van der Waals surface area contributed by atoms with Gasteiger partial charge in [-0.1, -0.05) is 48.2 Å². The van der Waals surface area contributed by atoms with E-state index in [9.17, 15) is 9.18 Å². The lowest BCUT2D eigenvalue weighted by Crippen LogP contribution is -2.25. The van der Waals surface area contributed by atoms with Gasteiger partial charge in [0.2, 0.25) is 0 Å². The van der Waals surface area contributed by atoms with Crippen molar-refractivity contribution in [3.05, 3.63) is 107 Å². The van der Waals surface area contributed by atoms with Gasteiger partial charge in [-0.25, -0.2) is 4.39 Å². The Morgan fingerprint density at radius 2 is 1.42 bits per heavy atom. The number of halogens is 1. The highest BCUT2D eigenvalue weighted by Gasteiger charge is 2.06. The molecule has 3 rings (SSSR count). The Morgan fingerprint density at radius 3 is 2.12 bits per heavy atom. The molecule has 3 aromatic rings. The number of benzene rings is 3. The second-order valence-corrected chi connectivity index (χ2v) is 5.79. The molecule has 26 heavy (non-hydrogen) atoms. The molecule has 0 aromatic heterocycles. The second kappa shape index (κ2) is 8.64. The molecule has 3 aromatic carbocycles. The van der Waals surface area contributed by atoms with E-state index in [0.717, 1.165) is 11.1 Å². The van der Waals surface area contributed by atoms with Crippen molar-refractivity contribution < 1.29 is 9.18 Å². The van der Waals surface area contributed by atoms with Gasteiger partial charge in [-0.2, -0.15) is 0 Å². The molecule has 0 fully saturated rings. The molecule has 2 nitrogen and oxygen atoms in total. The highest BCUT2D eigenvalue weighted by Crippen LogP contribution is 2.07. The highest BCUT2D eigenvalue weighted by atomic mass is 19.1. The fraction of sp³-hybridized carbons (Fsp3) is 0.0870. The molecule has 0 aliphatic rings. The van der Waals surface area contributed by atoms with Gasteiger partial charge in [0.1, 0.15) is 5.82 Å². The average Bonchev–Trinajstić information content (AvgIpc) is 2.69. The Kier molecular flexibility index (Phi) is 5.80. The molecule has 0 unspecified atom stereocenters. The molecule has 0 heterocycles. The Balaban J connectivity index is 1.55. The molecule has 0 spiro atoms. The minimum atomic E-state index is -0.247. The van der Waals surface area contributed by atoms with Gasteiger partial charge >= 0.3 is 0 Å². The number of nitrogens with one attached hydrogen (secondary N) is 1. The third-order valence-electron chi connectivity index (χ3n) is 3.91. The normalized spacial score (nSPS) is 9.88. The zero-order valence-corrected chi connectivity index (χ0v) is 14.2. The van der Waals surface area contributed by atoms with E-state index in [1.54, 1.807) is 30.3 Å². The van der Waals surface area contributed by atoms with Crippen LogP contribution >= 0.6 is 0 Å². The van der Waals surface area contributed by atoms with Crippen molar-refractivity contribution >= 4 is 5.91 Å². The summed E-state index contributed by atoms with van der Waals surface area (Å²) in [5, 5.41) is 2.81. The van der Waals surface area contributed by atoms with Crippen LogP contribution in [-0.2, 0) is 6.42 Å². The molecule has 0 saturated heterocycles. The zero-order chi connectivity index (χ0) is 18.2. The van der Waals surface area contributed by atoms with Crippen molar-refractivity contribution in [1.82, 2.24) is 5.32 Å².